The Kier molecular flexibility index (Phi) is 7.78. The van der Waals surface area contributed by atoms with Crippen LogP contribution in [0.5, 0.6) is 6.01 Å². The second-order valence-electron chi connectivity index (χ2n) is 12.7. The Morgan fingerprint density at radius 2 is 1.96 bits per heavy atom. The molecule has 0 N–H and O–H groups in total. The van der Waals surface area contributed by atoms with Crippen LogP contribution in [0.3, 0.4) is 0 Å². The van der Waals surface area contributed by atoms with E-state index in [1.807, 2.05) is 60.0 Å². The minimum atomic E-state index is -0.555. The van der Waals surface area contributed by atoms with Gasteiger partial charge in [0.15, 0.2) is 5.82 Å². The molecule has 4 aromatic rings. The van der Waals surface area contributed by atoms with Gasteiger partial charge in [-0.3, -0.25) is 14.7 Å². The number of carbonyl (C=O) groups excluding carboxylic acids is 1. The lowest BCUT2D eigenvalue weighted by Crippen LogP contribution is -2.43. The molecule has 1 amide bonds. The largest absolute Gasteiger partial charge is 0.443 e. The topological polar surface area (TPSA) is 74.5 Å². The van der Waals surface area contributed by atoms with Gasteiger partial charge in [0.1, 0.15) is 23.2 Å². The summed E-state index contributed by atoms with van der Waals surface area (Å²) in [4.78, 5) is 30.8. The van der Waals surface area contributed by atoms with Crippen LogP contribution in [-0.2, 0) is 4.79 Å². The van der Waals surface area contributed by atoms with Gasteiger partial charge >= 0.3 is 11.8 Å². The van der Waals surface area contributed by atoms with Crippen LogP contribution < -0.4 is 4.74 Å². The molecule has 2 atom stereocenters. The van der Waals surface area contributed by atoms with Crippen LogP contribution in [0.15, 0.2) is 55.3 Å². The highest BCUT2D eigenvalue weighted by Gasteiger charge is 2.45. The summed E-state index contributed by atoms with van der Waals surface area (Å²) in [5, 5.41) is 2.63. The molecule has 0 bridgehead atoms. The molecular formula is C35H37ClFN6O2+. The molecule has 45 heavy (non-hydrogen) atoms. The zero-order chi connectivity index (χ0) is 31.3. The molecule has 232 valence electrons. The van der Waals surface area contributed by atoms with Gasteiger partial charge in [0.05, 0.1) is 18.8 Å². The van der Waals surface area contributed by atoms with E-state index in [4.69, 9.17) is 21.3 Å². The highest BCUT2D eigenvalue weighted by molar-refractivity contribution is 6.36. The van der Waals surface area contributed by atoms with Crippen LogP contribution >= 0.6 is 11.6 Å². The van der Waals surface area contributed by atoms with Gasteiger partial charge in [-0.05, 0) is 69.6 Å². The summed E-state index contributed by atoms with van der Waals surface area (Å²) in [6, 6.07) is 11.5. The van der Waals surface area contributed by atoms with E-state index < -0.39 is 5.82 Å². The first-order valence-electron chi connectivity index (χ1n) is 15.7. The molecule has 10 heteroatoms. The average molecular weight is 628 g/mol. The smallest absolute Gasteiger partial charge is 0.434 e. The SMILES string of the molecule is C=CC(=O)N1CC(C=[N+](C)c2nc(OCC34CCCN3CCC4)nc3c(F)c(-c4cccc5cccc(Cl)c45)ncc23)C[C@H]1C. The van der Waals surface area contributed by atoms with E-state index in [-0.39, 0.29) is 40.6 Å². The normalized spacial score (nSPS) is 21.5. The third-order valence-electron chi connectivity index (χ3n) is 9.87. The molecule has 2 aromatic carbocycles. The van der Waals surface area contributed by atoms with Crippen molar-refractivity contribution in [3.63, 3.8) is 0 Å². The number of carbonyl (C=O) groups is 1. The molecular weight excluding hydrogens is 591 g/mol. The molecule has 7 rings (SSSR count). The van der Waals surface area contributed by atoms with E-state index in [9.17, 15) is 4.79 Å². The van der Waals surface area contributed by atoms with Crippen LogP contribution in [0.1, 0.15) is 39.0 Å². The van der Waals surface area contributed by atoms with Crippen molar-refractivity contribution in [2.75, 3.05) is 33.3 Å². The lowest BCUT2D eigenvalue weighted by Gasteiger charge is -2.30. The van der Waals surface area contributed by atoms with Crippen LogP contribution in [0, 0.1) is 11.7 Å². The molecule has 2 aromatic heterocycles. The van der Waals surface area contributed by atoms with Crippen molar-refractivity contribution in [3.05, 3.63) is 66.1 Å². The summed E-state index contributed by atoms with van der Waals surface area (Å²) in [5.41, 5.74) is 0.889. The van der Waals surface area contributed by atoms with Crippen molar-refractivity contribution in [1.82, 2.24) is 24.8 Å². The summed E-state index contributed by atoms with van der Waals surface area (Å²) in [7, 11) is 1.89. The zero-order valence-corrected chi connectivity index (χ0v) is 26.4. The number of hydrogen-bond acceptors (Lipinski definition) is 6. The molecule has 1 unspecified atom stereocenters. The number of likely N-dealkylation sites (tertiary alicyclic amines) is 1. The Labute approximate surface area is 267 Å². The Bertz CT molecular complexity index is 1850. The number of nitrogens with zero attached hydrogens (tertiary/aromatic N) is 6. The fourth-order valence-electron chi connectivity index (χ4n) is 7.69. The van der Waals surface area contributed by atoms with Gasteiger partial charge in [-0.15, -0.1) is 0 Å². The van der Waals surface area contributed by atoms with Gasteiger partial charge in [0.2, 0.25) is 5.91 Å². The average Bonchev–Trinajstić information content (AvgIpc) is 3.73. The van der Waals surface area contributed by atoms with Crippen molar-refractivity contribution in [3.8, 4) is 17.3 Å². The molecule has 0 radical (unpaired) electrons. The molecule has 0 spiro atoms. The van der Waals surface area contributed by atoms with Gasteiger partial charge in [0.25, 0.3) is 0 Å². The van der Waals surface area contributed by atoms with Crippen molar-refractivity contribution in [2.24, 2.45) is 5.92 Å². The third kappa shape index (κ3) is 5.25. The van der Waals surface area contributed by atoms with Crippen molar-refractivity contribution < 1.29 is 18.5 Å². The van der Waals surface area contributed by atoms with Crippen molar-refractivity contribution in [1.29, 1.82) is 0 Å². The maximum Gasteiger partial charge on any atom is 0.434 e. The summed E-state index contributed by atoms with van der Waals surface area (Å²) in [5.74, 6) is -0.0516. The number of aromatic nitrogens is 3. The van der Waals surface area contributed by atoms with Crippen molar-refractivity contribution >= 4 is 51.2 Å². The van der Waals surface area contributed by atoms with Crippen LogP contribution in [0.4, 0.5) is 10.2 Å². The Morgan fingerprint density at radius 3 is 2.71 bits per heavy atom. The predicted molar refractivity (Wildman–Crippen MR) is 175 cm³/mol. The number of amides is 1. The Morgan fingerprint density at radius 1 is 1.20 bits per heavy atom. The quantitative estimate of drug-likeness (QED) is 0.134. The first kappa shape index (κ1) is 29.7. The maximum atomic E-state index is 16.7. The minimum absolute atomic E-state index is 0.0146. The Balaban J connectivity index is 1.32. The van der Waals surface area contributed by atoms with E-state index in [1.165, 1.54) is 6.08 Å². The number of halogens is 2. The second kappa shape index (κ2) is 11.8. The summed E-state index contributed by atoms with van der Waals surface area (Å²) >= 11 is 6.61. The van der Waals surface area contributed by atoms with Crippen molar-refractivity contribution in [2.45, 2.75) is 50.6 Å². The number of ether oxygens (including phenoxy) is 1. The van der Waals surface area contributed by atoms with E-state index >= 15 is 4.39 Å². The molecule has 8 nitrogen and oxygen atoms in total. The molecule has 3 fully saturated rings. The van der Waals surface area contributed by atoms with E-state index in [1.54, 1.807) is 12.3 Å². The summed E-state index contributed by atoms with van der Waals surface area (Å²) in [6.07, 6.45) is 10.3. The zero-order valence-electron chi connectivity index (χ0n) is 25.7. The van der Waals surface area contributed by atoms with Crippen LogP contribution in [0.2, 0.25) is 5.02 Å². The number of fused-ring (bicyclic) bond motifs is 3. The molecule has 0 saturated carbocycles. The fourth-order valence-corrected chi connectivity index (χ4v) is 7.97. The lowest BCUT2D eigenvalue weighted by molar-refractivity contribution is -0.405. The van der Waals surface area contributed by atoms with E-state index in [2.05, 4.69) is 21.4 Å². The number of pyridine rings is 1. The first-order valence-corrected chi connectivity index (χ1v) is 16.1. The molecule has 3 aliphatic rings. The van der Waals surface area contributed by atoms with Gasteiger partial charge in [-0.2, -0.15) is 4.98 Å². The molecule has 0 aliphatic carbocycles. The standard InChI is InChI=1S/C35H37ClFN6O2/c1-4-28(44)43-20-23(17-22(43)2)19-41(3)33-26-18-38-31(25-11-5-9-24-10-6-12-27(36)29(24)25)30(37)32(26)39-34(40-33)45-21-35-13-7-15-42(35)16-8-14-35/h4-6,9-12,18-19,22-23H,1,7-8,13-17,20-21H2,2-3H3/q+1/t22-,23?/m1/s1. The molecule has 5 heterocycles. The molecule has 3 saturated heterocycles. The monoisotopic (exact) mass is 627 g/mol. The third-order valence-corrected chi connectivity index (χ3v) is 10.2. The van der Waals surface area contributed by atoms with Gasteiger partial charge in [-0.1, -0.05) is 48.5 Å². The summed E-state index contributed by atoms with van der Waals surface area (Å²) in [6.45, 7) is 8.87. The van der Waals surface area contributed by atoms with E-state index in [0.29, 0.717) is 34.9 Å². The van der Waals surface area contributed by atoms with Gasteiger partial charge < -0.3 is 9.64 Å². The number of hydrogen-bond donors (Lipinski definition) is 0. The van der Waals surface area contributed by atoms with Gasteiger partial charge in [-0.25, -0.2) is 8.97 Å². The first-order chi connectivity index (χ1) is 21.8. The lowest BCUT2D eigenvalue weighted by atomic mass is 9.95. The van der Waals surface area contributed by atoms with E-state index in [0.717, 1.165) is 56.0 Å². The molecule has 3 aliphatic heterocycles. The second-order valence-corrected chi connectivity index (χ2v) is 13.1. The highest BCUT2D eigenvalue weighted by Crippen LogP contribution is 2.40. The van der Waals surface area contributed by atoms with Gasteiger partial charge in [0, 0.05) is 45.7 Å². The number of benzene rings is 2. The number of rotatable bonds is 7. The fraction of sp³-hybridized carbons (Fsp3) is 0.400. The predicted octanol–water partition coefficient (Wildman–Crippen LogP) is 6.41. The van der Waals surface area contributed by atoms with Crippen LogP contribution in [0.25, 0.3) is 32.9 Å². The maximum absolute atomic E-state index is 16.7. The highest BCUT2D eigenvalue weighted by atomic mass is 35.5. The Hall–Kier alpha value is -3.95. The minimum Gasteiger partial charge on any atom is -0.443 e. The summed E-state index contributed by atoms with van der Waals surface area (Å²) < 4.78 is 24.9. The van der Waals surface area contributed by atoms with Crippen LogP contribution in [-0.4, -0.2) is 86.3 Å².